The number of hydrazone groups is 1. The summed E-state index contributed by atoms with van der Waals surface area (Å²) in [5.74, 6) is 0.872. The van der Waals surface area contributed by atoms with Gasteiger partial charge in [0.05, 0.1) is 19.0 Å². The Morgan fingerprint density at radius 2 is 2.00 bits per heavy atom. The van der Waals surface area contributed by atoms with Crippen molar-refractivity contribution in [1.29, 1.82) is 0 Å². The highest BCUT2D eigenvalue weighted by Crippen LogP contribution is 2.23. The molecule has 0 spiro atoms. The summed E-state index contributed by atoms with van der Waals surface area (Å²) in [4.78, 5) is 0. The summed E-state index contributed by atoms with van der Waals surface area (Å²) in [6.45, 7) is 0. The highest BCUT2D eigenvalue weighted by atomic mass is 16.5. The minimum atomic E-state index is -0.0634. The molecule has 0 radical (unpaired) electrons. The summed E-state index contributed by atoms with van der Waals surface area (Å²) in [6, 6.07) is 12.3. The van der Waals surface area contributed by atoms with Gasteiger partial charge in [0.25, 0.3) is 0 Å². The van der Waals surface area contributed by atoms with Crippen molar-refractivity contribution < 1.29 is 4.74 Å². The van der Waals surface area contributed by atoms with Gasteiger partial charge in [-0.1, -0.05) is 18.2 Å². The van der Waals surface area contributed by atoms with Crippen LogP contribution in [0.4, 0.5) is 0 Å². The molecule has 1 heterocycles. The van der Waals surface area contributed by atoms with Crippen LogP contribution in [0.3, 0.4) is 0 Å². The smallest absolute Gasteiger partial charge is 0.119 e. The third kappa shape index (κ3) is 1.91. The lowest BCUT2D eigenvalue weighted by molar-refractivity contribution is 0.415. The van der Waals surface area contributed by atoms with Gasteiger partial charge >= 0.3 is 0 Å². The van der Waals surface area contributed by atoms with Crippen LogP contribution in [-0.4, -0.2) is 19.0 Å². The number of hydrogen-bond acceptors (Lipinski definition) is 4. The lowest BCUT2D eigenvalue weighted by Crippen LogP contribution is -2.29. The molecule has 0 bridgehead atoms. The Labute approximate surface area is 105 Å². The average molecular weight is 241 g/mol. The first kappa shape index (κ1) is 11.0. The highest BCUT2D eigenvalue weighted by molar-refractivity contribution is 6.04. The van der Waals surface area contributed by atoms with Crippen LogP contribution in [0.1, 0.15) is 12.0 Å². The van der Waals surface area contributed by atoms with E-state index in [1.165, 1.54) is 5.39 Å². The highest BCUT2D eigenvalue weighted by Gasteiger charge is 2.15. The summed E-state index contributed by atoms with van der Waals surface area (Å²) in [7, 11) is 1.68. The minimum absolute atomic E-state index is 0.0634. The fourth-order valence-corrected chi connectivity index (χ4v) is 2.17. The van der Waals surface area contributed by atoms with Crippen molar-refractivity contribution in [3.63, 3.8) is 0 Å². The van der Waals surface area contributed by atoms with Crippen molar-refractivity contribution in [1.82, 2.24) is 5.43 Å². The van der Waals surface area contributed by atoms with Crippen molar-refractivity contribution in [3.8, 4) is 5.75 Å². The third-order valence-corrected chi connectivity index (χ3v) is 3.16. The van der Waals surface area contributed by atoms with Gasteiger partial charge in [0.1, 0.15) is 5.75 Å². The first-order chi connectivity index (χ1) is 8.76. The molecule has 0 amide bonds. The van der Waals surface area contributed by atoms with E-state index in [9.17, 15) is 0 Å². The number of nitrogens with zero attached hydrogens (tertiary/aromatic N) is 1. The summed E-state index contributed by atoms with van der Waals surface area (Å²) in [6.07, 6.45) is 0.702. The number of rotatable bonds is 2. The van der Waals surface area contributed by atoms with Crippen molar-refractivity contribution in [2.24, 2.45) is 10.8 Å². The number of nitrogens with two attached hydrogens (primary N) is 1. The second-order valence-corrected chi connectivity index (χ2v) is 4.43. The Morgan fingerprint density at radius 1 is 1.22 bits per heavy atom. The molecule has 2 aromatic rings. The molecule has 4 nitrogen and oxygen atoms in total. The van der Waals surface area contributed by atoms with Gasteiger partial charge < -0.3 is 10.5 Å². The molecule has 0 aliphatic carbocycles. The largest absolute Gasteiger partial charge is 0.497 e. The predicted octanol–water partition coefficient (Wildman–Crippen LogP) is 1.83. The number of methoxy groups -OCH3 is 1. The van der Waals surface area contributed by atoms with Crippen molar-refractivity contribution in [2.75, 3.05) is 7.11 Å². The van der Waals surface area contributed by atoms with Gasteiger partial charge in [-0.3, -0.25) is 5.43 Å². The maximum atomic E-state index is 5.77. The molecule has 0 saturated heterocycles. The maximum absolute atomic E-state index is 5.77. The van der Waals surface area contributed by atoms with Crippen LogP contribution in [0.5, 0.6) is 5.75 Å². The van der Waals surface area contributed by atoms with Crippen molar-refractivity contribution in [3.05, 3.63) is 42.0 Å². The Balaban J connectivity index is 2.01. The van der Waals surface area contributed by atoms with Crippen LogP contribution in [0, 0.1) is 0 Å². The maximum Gasteiger partial charge on any atom is 0.119 e. The SMILES string of the molecule is COc1ccc2cc(C3=NNC(N)C3)ccc2c1. The van der Waals surface area contributed by atoms with E-state index in [2.05, 4.69) is 34.8 Å². The average Bonchev–Trinajstić information content (AvgIpc) is 2.84. The molecule has 92 valence electrons. The molecule has 4 heteroatoms. The second-order valence-electron chi connectivity index (χ2n) is 4.43. The number of ether oxygens (including phenoxy) is 1. The first-order valence-corrected chi connectivity index (χ1v) is 5.92. The number of hydrogen-bond donors (Lipinski definition) is 2. The molecular formula is C14H15N3O. The third-order valence-electron chi connectivity index (χ3n) is 3.16. The lowest BCUT2D eigenvalue weighted by Gasteiger charge is -2.05. The monoisotopic (exact) mass is 241 g/mol. The standard InChI is InChI=1S/C14H15N3O/c1-18-12-5-4-9-6-11(3-2-10(9)7-12)13-8-14(15)17-16-13/h2-7,14,17H,8,15H2,1H3. The normalized spacial score (nSPS) is 18.6. The van der Waals surface area contributed by atoms with Gasteiger partial charge in [-0.05, 0) is 34.5 Å². The summed E-state index contributed by atoms with van der Waals surface area (Å²) < 4.78 is 5.22. The fraction of sp³-hybridized carbons (Fsp3) is 0.214. The van der Waals surface area contributed by atoms with E-state index in [0.29, 0.717) is 0 Å². The summed E-state index contributed by atoms with van der Waals surface area (Å²) >= 11 is 0. The van der Waals surface area contributed by atoms with Gasteiger partial charge in [-0.15, -0.1) is 0 Å². The van der Waals surface area contributed by atoms with E-state index >= 15 is 0 Å². The van der Waals surface area contributed by atoms with E-state index in [0.717, 1.165) is 28.8 Å². The topological polar surface area (TPSA) is 59.6 Å². The Bertz CT molecular complexity index is 621. The van der Waals surface area contributed by atoms with Gasteiger partial charge in [-0.25, -0.2) is 0 Å². The minimum Gasteiger partial charge on any atom is -0.497 e. The Hall–Kier alpha value is -2.07. The van der Waals surface area contributed by atoms with Crippen molar-refractivity contribution in [2.45, 2.75) is 12.6 Å². The zero-order chi connectivity index (χ0) is 12.5. The molecule has 1 unspecified atom stereocenters. The van der Waals surface area contributed by atoms with Crippen LogP contribution < -0.4 is 15.9 Å². The summed E-state index contributed by atoms with van der Waals surface area (Å²) in [5.41, 5.74) is 10.8. The molecule has 1 aliphatic heterocycles. The quantitative estimate of drug-likeness (QED) is 0.843. The Morgan fingerprint density at radius 3 is 2.72 bits per heavy atom. The second kappa shape index (κ2) is 4.31. The first-order valence-electron chi connectivity index (χ1n) is 5.92. The van der Waals surface area contributed by atoms with Crippen LogP contribution in [0.15, 0.2) is 41.5 Å². The lowest BCUT2D eigenvalue weighted by atomic mass is 10.0. The summed E-state index contributed by atoms with van der Waals surface area (Å²) in [5, 5.41) is 6.58. The molecule has 3 N–H and O–H groups in total. The molecule has 0 saturated carbocycles. The van der Waals surface area contributed by atoms with E-state index in [1.807, 2.05) is 12.1 Å². The molecule has 0 fully saturated rings. The van der Waals surface area contributed by atoms with Gasteiger partial charge in [-0.2, -0.15) is 5.10 Å². The number of benzene rings is 2. The van der Waals surface area contributed by atoms with Gasteiger partial charge in [0.2, 0.25) is 0 Å². The zero-order valence-corrected chi connectivity index (χ0v) is 10.2. The van der Waals surface area contributed by atoms with Crippen LogP contribution in [0.25, 0.3) is 10.8 Å². The van der Waals surface area contributed by atoms with E-state index in [1.54, 1.807) is 7.11 Å². The zero-order valence-electron chi connectivity index (χ0n) is 10.2. The van der Waals surface area contributed by atoms with E-state index in [-0.39, 0.29) is 6.17 Å². The number of nitrogens with one attached hydrogen (secondary N) is 1. The van der Waals surface area contributed by atoms with Crippen LogP contribution in [-0.2, 0) is 0 Å². The van der Waals surface area contributed by atoms with E-state index < -0.39 is 0 Å². The molecule has 1 atom stereocenters. The molecular weight excluding hydrogens is 226 g/mol. The molecule has 2 aromatic carbocycles. The molecule has 3 rings (SSSR count). The van der Waals surface area contributed by atoms with Crippen LogP contribution >= 0.6 is 0 Å². The van der Waals surface area contributed by atoms with Gasteiger partial charge in [0.15, 0.2) is 0 Å². The van der Waals surface area contributed by atoms with E-state index in [4.69, 9.17) is 10.5 Å². The molecule has 18 heavy (non-hydrogen) atoms. The Kier molecular flexibility index (Phi) is 2.64. The molecule has 0 aromatic heterocycles. The predicted molar refractivity (Wildman–Crippen MR) is 72.8 cm³/mol. The van der Waals surface area contributed by atoms with Crippen LogP contribution in [0.2, 0.25) is 0 Å². The van der Waals surface area contributed by atoms with Crippen molar-refractivity contribution >= 4 is 16.5 Å². The number of fused-ring (bicyclic) bond motifs is 1. The molecule has 1 aliphatic rings. The fourth-order valence-electron chi connectivity index (χ4n) is 2.17. The van der Waals surface area contributed by atoms with Gasteiger partial charge in [0, 0.05) is 6.42 Å².